The molecular formula is C15H29NO2. The van der Waals surface area contributed by atoms with Gasteiger partial charge in [-0.1, -0.05) is 27.7 Å². The second kappa shape index (κ2) is 5.48. The van der Waals surface area contributed by atoms with E-state index in [-0.39, 0.29) is 6.10 Å². The molecule has 1 N–H and O–H groups in total. The third-order valence-corrected chi connectivity index (χ3v) is 4.07. The molecule has 1 atom stereocenters. The highest BCUT2D eigenvalue weighted by Crippen LogP contribution is 2.45. The van der Waals surface area contributed by atoms with E-state index in [9.17, 15) is 0 Å². The van der Waals surface area contributed by atoms with Crippen LogP contribution in [0.15, 0.2) is 0 Å². The van der Waals surface area contributed by atoms with E-state index >= 15 is 0 Å². The second-order valence-corrected chi connectivity index (χ2v) is 7.59. The quantitative estimate of drug-likeness (QED) is 0.841. The molecule has 1 aliphatic carbocycles. The standard InChI is InChI=1S/C15H29NO2/c1-14(2)7-12(8-15(3,4)11-14)16-9-13-10-17-5-6-18-13/h12-13,16H,5-11H2,1-4H3. The Hall–Kier alpha value is -0.120. The first-order valence-corrected chi connectivity index (χ1v) is 7.29. The van der Waals surface area contributed by atoms with Gasteiger partial charge in [0, 0.05) is 12.6 Å². The molecule has 0 aromatic carbocycles. The number of rotatable bonds is 3. The Morgan fingerprint density at radius 1 is 1.06 bits per heavy atom. The van der Waals surface area contributed by atoms with E-state index in [1.807, 2.05) is 0 Å². The zero-order chi connectivity index (χ0) is 13.2. The first kappa shape index (κ1) is 14.3. The van der Waals surface area contributed by atoms with Crippen LogP contribution < -0.4 is 5.32 Å². The van der Waals surface area contributed by atoms with Crippen LogP contribution >= 0.6 is 0 Å². The van der Waals surface area contributed by atoms with Gasteiger partial charge in [-0.2, -0.15) is 0 Å². The molecule has 1 saturated heterocycles. The molecule has 2 aliphatic rings. The summed E-state index contributed by atoms with van der Waals surface area (Å²) in [6.07, 6.45) is 4.10. The summed E-state index contributed by atoms with van der Waals surface area (Å²) in [6, 6.07) is 0.620. The fourth-order valence-electron chi connectivity index (χ4n) is 3.94. The van der Waals surface area contributed by atoms with Gasteiger partial charge in [0.25, 0.3) is 0 Å². The zero-order valence-corrected chi connectivity index (χ0v) is 12.4. The predicted octanol–water partition coefficient (Wildman–Crippen LogP) is 2.60. The highest BCUT2D eigenvalue weighted by molar-refractivity contribution is 4.92. The smallest absolute Gasteiger partial charge is 0.0933 e. The molecule has 0 aromatic heterocycles. The molecule has 0 aromatic rings. The minimum Gasteiger partial charge on any atom is -0.376 e. The van der Waals surface area contributed by atoms with Gasteiger partial charge >= 0.3 is 0 Å². The van der Waals surface area contributed by atoms with Crippen LogP contribution in [0, 0.1) is 10.8 Å². The maximum absolute atomic E-state index is 5.69. The summed E-state index contributed by atoms with van der Waals surface area (Å²) in [6.45, 7) is 12.7. The topological polar surface area (TPSA) is 30.5 Å². The molecule has 0 radical (unpaired) electrons. The third kappa shape index (κ3) is 4.22. The lowest BCUT2D eigenvalue weighted by Gasteiger charge is -2.45. The molecule has 0 spiro atoms. The van der Waals surface area contributed by atoms with Gasteiger partial charge in [-0.15, -0.1) is 0 Å². The molecule has 1 heterocycles. The largest absolute Gasteiger partial charge is 0.376 e. The third-order valence-electron chi connectivity index (χ3n) is 4.07. The molecule has 0 amide bonds. The molecule has 1 unspecified atom stereocenters. The lowest BCUT2D eigenvalue weighted by molar-refractivity contribution is -0.0882. The van der Waals surface area contributed by atoms with Crippen LogP contribution in [0.3, 0.4) is 0 Å². The Kier molecular flexibility index (Phi) is 4.35. The van der Waals surface area contributed by atoms with Crippen molar-refractivity contribution in [1.29, 1.82) is 0 Å². The molecule has 2 rings (SSSR count). The summed E-state index contributed by atoms with van der Waals surface area (Å²) in [5, 5.41) is 3.70. The Labute approximate surface area is 112 Å². The average molecular weight is 255 g/mol. The molecule has 18 heavy (non-hydrogen) atoms. The highest BCUT2D eigenvalue weighted by atomic mass is 16.6. The van der Waals surface area contributed by atoms with Gasteiger partial charge in [0.2, 0.25) is 0 Å². The van der Waals surface area contributed by atoms with Crippen molar-refractivity contribution in [1.82, 2.24) is 5.32 Å². The van der Waals surface area contributed by atoms with Crippen molar-refractivity contribution in [3.8, 4) is 0 Å². The van der Waals surface area contributed by atoms with Crippen LogP contribution in [0.1, 0.15) is 47.0 Å². The number of hydrogen-bond donors (Lipinski definition) is 1. The fraction of sp³-hybridized carbons (Fsp3) is 1.00. The van der Waals surface area contributed by atoms with E-state index in [0.717, 1.165) is 26.4 Å². The lowest BCUT2D eigenvalue weighted by atomic mass is 9.63. The molecule has 1 saturated carbocycles. The van der Waals surface area contributed by atoms with E-state index in [4.69, 9.17) is 9.47 Å². The zero-order valence-electron chi connectivity index (χ0n) is 12.4. The Bertz CT molecular complexity index is 254. The minimum absolute atomic E-state index is 0.243. The van der Waals surface area contributed by atoms with Crippen molar-refractivity contribution in [3.05, 3.63) is 0 Å². The Morgan fingerprint density at radius 3 is 2.28 bits per heavy atom. The first-order valence-electron chi connectivity index (χ1n) is 7.29. The summed E-state index contributed by atoms with van der Waals surface area (Å²) < 4.78 is 11.1. The van der Waals surface area contributed by atoms with Gasteiger partial charge < -0.3 is 14.8 Å². The van der Waals surface area contributed by atoms with E-state index in [2.05, 4.69) is 33.0 Å². The van der Waals surface area contributed by atoms with Crippen LogP contribution in [0.5, 0.6) is 0 Å². The maximum Gasteiger partial charge on any atom is 0.0933 e. The molecule has 1 aliphatic heterocycles. The SMILES string of the molecule is CC1(C)CC(NCC2COCCO2)CC(C)(C)C1. The molecule has 0 bridgehead atoms. The van der Waals surface area contributed by atoms with Crippen molar-refractivity contribution in [3.63, 3.8) is 0 Å². The summed E-state index contributed by atoms with van der Waals surface area (Å²) in [4.78, 5) is 0. The summed E-state index contributed by atoms with van der Waals surface area (Å²) in [7, 11) is 0. The summed E-state index contributed by atoms with van der Waals surface area (Å²) in [5.41, 5.74) is 0.896. The van der Waals surface area contributed by atoms with Crippen LogP contribution in [0.25, 0.3) is 0 Å². The van der Waals surface area contributed by atoms with Gasteiger partial charge in [0.1, 0.15) is 0 Å². The number of nitrogens with one attached hydrogen (secondary N) is 1. The van der Waals surface area contributed by atoms with E-state index in [0.29, 0.717) is 16.9 Å². The van der Waals surface area contributed by atoms with Crippen molar-refractivity contribution in [2.75, 3.05) is 26.4 Å². The van der Waals surface area contributed by atoms with E-state index in [1.54, 1.807) is 0 Å². The van der Waals surface area contributed by atoms with E-state index < -0.39 is 0 Å². The van der Waals surface area contributed by atoms with Gasteiger partial charge in [-0.25, -0.2) is 0 Å². The Balaban J connectivity index is 1.81. The van der Waals surface area contributed by atoms with Crippen LogP contribution in [-0.4, -0.2) is 38.5 Å². The Morgan fingerprint density at radius 2 is 1.72 bits per heavy atom. The lowest BCUT2D eigenvalue weighted by Crippen LogP contribution is -2.47. The second-order valence-electron chi connectivity index (χ2n) is 7.59. The van der Waals surface area contributed by atoms with Crippen LogP contribution in [0.4, 0.5) is 0 Å². The van der Waals surface area contributed by atoms with Crippen molar-refractivity contribution >= 4 is 0 Å². The van der Waals surface area contributed by atoms with Gasteiger partial charge in [0.05, 0.1) is 25.9 Å². The normalized spacial score (nSPS) is 32.3. The molecule has 106 valence electrons. The molecule has 3 heteroatoms. The maximum atomic E-state index is 5.69. The number of hydrogen-bond acceptors (Lipinski definition) is 3. The molecule has 3 nitrogen and oxygen atoms in total. The van der Waals surface area contributed by atoms with Crippen molar-refractivity contribution < 1.29 is 9.47 Å². The summed E-state index contributed by atoms with van der Waals surface area (Å²) >= 11 is 0. The highest BCUT2D eigenvalue weighted by Gasteiger charge is 2.38. The van der Waals surface area contributed by atoms with Gasteiger partial charge in [-0.05, 0) is 30.1 Å². The average Bonchev–Trinajstić information content (AvgIpc) is 2.24. The fourth-order valence-corrected chi connectivity index (χ4v) is 3.94. The number of ether oxygens (including phenoxy) is 2. The van der Waals surface area contributed by atoms with Crippen molar-refractivity contribution in [2.24, 2.45) is 10.8 Å². The van der Waals surface area contributed by atoms with Crippen LogP contribution in [0.2, 0.25) is 0 Å². The molecular weight excluding hydrogens is 226 g/mol. The first-order chi connectivity index (χ1) is 8.36. The van der Waals surface area contributed by atoms with Gasteiger partial charge in [0.15, 0.2) is 0 Å². The molecule has 2 fully saturated rings. The van der Waals surface area contributed by atoms with Crippen molar-refractivity contribution in [2.45, 2.75) is 59.1 Å². The predicted molar refractivity (Wildman–Crippen MR) is 73.8 cm³/mol. The summed E-state index contributed by atoms with van der Waals surface area (Å²) in [5.74, 6) is 0. The van der Waals surface area contributed by atoms with E-state index in [1.165, 1.54) is 19.3 Å². The minimum atomic E-state index is 0.243. The van der Waals surface area contributed by atoms with Crippen LogP contribution in [-0.2, 0) is 9.47 Å². The van der Waals surface area contributed by atoms with Gasteiger partial charge in [-0.3, -0.25) is 0 Å². The monoisotopic (exact) mass is 255 g/mol.